The lowest BCUT2D eigenvalue weighted by atomic mass is 10.1. The Morgan fingerprint density at radius 2 is 2.20 bits per heavy atom. The fraction of sp³-hybridized carbons (Fsp3) is 0.300. The molecule has 0 saturated heterocycles. The van der Waals surface area contributed by atoms with Crippen LogP contribution in [-0.4, -0.2) is 24.8 Å². The number of anilines is 1. The van der Waals surface area contributed by atoms with Crippen LogP contribution in [0.25, 0.3) is 0 Å². The highest BCUT2D eigenvalue weighted by atomic mass is 16.5. The second kappa shape index (κ2) is 4.54. The van der Waals surface area contributed by atoms with Crippen molar-refractivity contribution in [3.8, 4) is 11.5 Å². The molecule has 0 amide bonds. The molecule has 5 nitrogen and oxygen atoms in total. The van der Waals surface area contributed by atoms with Crippen molar-refractivity contribution in [1.29, 1.82) is 0 Å². The predicted molar refractivity (Wildman–Crippen MR) is 55.5 cm³/mol. The number of carboxylic acids is 1. The van der Waals surface area contributed by atoms with Crippen molar-refractivity contribution in [2.75, 3.05) is 19.5 Å². The van der Waals surface area contributed by atoms with E-state index in [2.05, 4.69) is 0 Å². The summed E-state index contributed by atoms with van der Waals surface area (Å²) in [6.45, 7) is 2.21. The first-order valence-corrected chi connectivity index (χ1v) is 4.43. The summed E-state index contributed by atoms with van der Waals surface area (Å²) < 4.78 is 10.3. The molecule has 1 rings (SSSR count). The zero-order valence-electron chi connectivity index (χ0n) is 8.61. The van der Waals surface area contributed by atoms with Crippen molar-refractivity contribution in [2.45, 2.75) is 6.92 Å². The van der Waals surface area contributed by atoms with Gasteiger partial charge in [-0.25, -0.2) is 4.79 Å². The highest BCUT2D eigenvalue weighted by molar-refractivity contribution is 5.90. The fourth-order valence-electron chi connectivity index (χ4n) is 1.23. The molecule has 0 aliphatic heterocycles. The van der Waals surface area contributed by atoms with E-state index in [4.69, 9.17) is 20.3 Å². The third-order valence-electron chi connectivity index (χ3n) is 1.83. The van der Waals surface area contributed by atoms with Crippen LogP contribution in [0.2, 0.25) is 0 Å². The van der Waals surface area contributed by atoms with Gasteiger partial charge in [-0.15, -0.1) is 0 Å². The molecule has 0 aromatic heterocycles. The predicted octanol–water partition coefficient (Wildman–Crippen LogP) is 1.37. The van der Waals surface area contributed by atoms with Crippen molar-refractivity contribution < 1.29 is 19.4 Å². The van der Waals surface area contributed by atoms with Gasteiger partial charge in [0.05, 0.1) is 25.0 Å². The normalized spacial score (nSPS) is 9.73. The molecule has 0 heterocycles. The lowest BCUT2D eigenvalue weighted by molar-refractivity contribution is 0.0696. The first kappa shape index (κ1) is 11.2. The Kier molecular flexibility index (Phi) is 3.38. The average molecular weight is 211 g/mol. The summed E-state index contributed by atoms with van der Waals surface area (Å²) in [5.74, 6) is -0.343. The van der Waals surface area contributed by atoms with E-state index in [1.54, 1.807) is 6.92 Å². The van der Waals surface area contributed by atoms with E-state index < -0.39 is 5.97 Å². The minimum atomic E-state index is -1.05. The van der Waals surface area contributed by atoms with Gasteiger partial charge < -0.3 is 20.3 Å². The van der Waals surface area contributed by atoms with Gasteiger partial charge in [-0.2, -0.15) is 0 Å². The van der Waals surface area contributed by atoms with Crippen LogP contribution in [0.5, 0.6) is 11.5 Å². The summed E-state index contributed by atoms with van der Waals surface area (Å²) >= 11 is 0. The van der Waals surface area contributed by atoms with Crippen LogP contribution in [0.1, 0.15) is 17.3 Å². The number of benzene rings is 1. The van der Waals surface area contributed by atoms with Crippen molar-refractivity contribution in [3.05, 3.63) is 17.7 Å². The van der Waals surface area contributed by atoms with Crippen molar-refractivity contribution in [1.82, 2.24) is 0 Å². The van der Waals surface area contributed by atoms with Crippen LogP contribution < -0.4 is 15.2 Å². The Morgan fingerprint density at radius 3 is 2.67 bits per heavy atom. The van der Waals surface area contributed by atoms with Gasteiger partial charge in [0.15, 0.2) is 11.5 Å². The molecule has 0 radical (unpaired) electrons. The molecule has 0 bridgehead atoms. The van der Waals surface area contributed by atoms with E-state index in [1.165, 1.54) is 19.2 Å². The van der Waals surface area contributed by atoms with E-state index in [-0.39, 0.29) is 11.3 Å². The van der Waals surface area contributed by atoms with Crippen molar-refractivity contribution in [3.63, 3.8) is 0 Å². The fourth-order valence-corrected chi connectivity index (χ4v) is 1.23. The van der Waals surface area contributed by atoms with Crippen LogP contribution >= 0.6 is 0 Å². The highest BCUT2D eigenvalue weighted by Crippen LogP contribution is 2.34. The van der Waals surface area contributed by atoms with E-state index in [0.29, 0.717) is 18.1 Å². The Labute approximate surface area is 87.4 Å². The summed E-state index contributed by atoms with van der Waals surface area (Å²) in [4.78, 5) is 10.8. The molecule has 82 valence electrons. The number of ether oxygens (including phenoxy) is 2. The molecule has 0 aliphatic rings. The van der Waals surface area contributed by atoms with Crippen LogP contribution in [0.4, 0.5) is 5.69 Å². The van der Waals surface area contributed by atoms with Gasteiger partial charge in [-0.1, -0.05) is 0 Å². The monoisotopic (exact) mass is 211 g/mol. The second-order valence-electron chi connectivity index (χ2n) is 2.84. The standard InChI is InChI=1S/C10H13NO4/c1-3-15-8-5-6(10(12)13)4-7(11)9(8)14-2/h4-5H,3,11H2,1-2H3,(H,12,13). The zero-order valence-corrected chi connectivity index (χ0v) is 8.61. The molecular formula is C10H13NO4. The smallest absolute Gasteiger partial charge is 0.335 e. The van der Waals surface area contributed by atoms with Crippen molar-refractivity contribution in [2.24, 2.45) is 0 Å². The molecule has 3 N–H and O–H groups in total. The van der Waals surface area contributed by atoms with Gasteiger partial charge >= 0.3 is 5.97 Å². The summed E-state index contributed by atoms with van der Waals surface area (Å²) in [7, 11) is 1.45. The van der Waals surface area contributed by atoms with Gasteiger partial charge in [-0.3, -0.25) is 0 Å². The number of nitrogen functional groups attached to an aromatic ring is 1. The maximum absolute atomic E-state index is 10.8. The first-order valence-electron chi connectivity index (χ1n) is 4.43. The molecule has 1 aromatic rings. The number of carbonyl (C=O) groups is 1. The van der Waals surface area contributed by atoms with E-state index in [1.807, 2.05) is 0 Å². The van der Waals surface area contributed by atoms with Gasteiger partial charge in [-0.05, 0) is 19.1 Å². The van der Waals surface area contributed by atoms with E-state index in [9.17, 15) is 4.79 Å². The number of methoxy groups -OCH3 is 1. The molecule has 0 aliphatic carbocycles. The number of nitrogens with two attached hydrogens (primary N) is 1. The first-order chi connectivity index (χ1) is 7.10. The number of aromatic carboxylic acids is 1. The third kappa shape index (κ3) is 2.31. The van der Waals surface area contributed by atoms with E-state index in [0.717, 1.165) is 0 Å². The van der Waals surface area contributed by atoms with Gasteiger partial charge in [0.25, 0.3) is 0 Å². The van der Waals surface area contributed by atoms with Crippen LogP contribution in [-0.2, 0) is 0 Å². The van der Waals surface area contributed by atoms with Crippen molar-refractivity contribution >= 4 is 11.7 Å². The minimum absolute atomic E-state index is 0.0803. The summed E-state index contributed by atoms with van der Waals surface area (Å²) in [5.41, 5.74) is 5.96. The number of hydrogen-bond donors (Lipinski definition) is 2. The summed E-state index contributed by atoms with van der Waals surface area (Å²) in [6.07, 6.45) is 0. The highest BCUT2D eigenvalue weighted by Gasteiger charge is 2.13. The quantitative estimate of drug-likeness (QED) is 0.735. The Morgan fingerprint density at radius 1 is 1.53 bits per heavy atom. The molecular weight excluding hydrogens is 198 g/mol. The van der Waals surface area contributed by atoms with Crippen LogP contribution in [0, 0.1) is 0 Å². The Balaban J connectivity index is 3.25. The maximum atomic E-state index is 10.8. The number of hydrogen-bond acceptors (Lipinski definition) is 4. The third-order valence-corrected chi connectivity index (χ3v) is 1.83. The van der Waals surface area contributed by atoms with E-state index >= 15 is 0 Å². The minimum Gasteiger partial charge on any atom is -0.491 e. The van der Waals surface area contributed by atoms with Gasteiger partial charge in [0.1, 0.15) is 0 Å². The molecule has 0 spiro atoms. The second-order valence-corrected chi connectivity index (χ2v) is 2.84. The van der Waals surface area contributed by atoms with Crippen LogP contribution in [0.3, 0.4) is 0 Å². The maximum Gasteiger partial charge on any atom is 0.335 e. The average Bonchev–Trinajstić information content (AvgIpc) is 2.17. The largest absolute Gasteiger partial charge is 0.491 e. The number of carboxylic acid groups (broad SMARTS) is 1. The molecule has 0 unspecified atom stereocenters. The van der Waals surface area contributed by atoms with Crippen LogP contribution in [0.15, 0.2) is 12.1 Å². The number of rotatable bonds is 4. The summed E-state index contributed by atoms with van der Waals surface area (Å²) in [5, 5.41) is 8.81. The molecule has 0 saturated carbocycles. The summed E-state index contributed by atoms with van der Waals surface area (Å²) in [6, 6.07) is 2.73. The van der Waals surface area contributed by atoms with Gasteiger partial charge in [0, 0.05) is 0 Å². The SMILES string of the molecule is CCOc1cc(C(=O)O)cc(N)c1OC. The molecule has 5 heteroatoms. The van der Waals surface area contributed by atoms with Gasteiger partial charge in [0.2, 0.25) is 0 Å². The zero-order chi connectivity index (χ0) is 11.4. The molecule has 1 aromatic carbocycles. The Bertz CT molecular complexity index is 376. The molecule has 0 fully saturated rings. The lowest BCUT2D eigenvalue weighted by Gasteiger charge is -2.12. The Hall–Kier alpha value is -1.91. The topological polar surface area (TPSA) is 81.8 Å². The lowest BCUT2D eigenvalue weighted by Crippen LogP contribution is -2.03. The molecule has 0 atom stereocenters. The molecule has 15 heavy (non-hydrogen) atoms.